The maximum atomic E-state index is 11.6. The summed E-state index contributed by atoms with van der Waals surface area (Å²) in [7, 11) is -3.43. The lowest BCUT2D eigenvalue weighted by Gasteiger charge is -2.35. The van der Waals surface area contributed by atoms with Gasteiger partial charge in [0.05, 0.1) is 16.1 Å². The Labute approximate surface area is 87.5 Å². The van der Waals surface area contributed by atoms with Gasteiger partial charge in [0.25, 0.3) is 0 Å². The highest BCUT2D eigenvalue weighted by Gasteiger charge is 2.44. The first-order valence-corrected chi connectivity index (χ1v) is 11.9. The minimum Gasteiger partial charge on any atom is -0.476 e. The van der Waals surface area contributed by atoms with Crippen LogP contribution in [0.25, 0.3) is 0 Å². The Hall–Kier alpha value is -0.426. The van der Waals surface area contributed by atoms with Gasteiger partial charge in [0.1, 0.15) is 0 Å². The van der Waals surface area contributed by atoms with Gasteiger partial charge in [-0.15, -0.1) is 0 Å². The van der Waals surface area contributed by atoms with Crippen molar-refractivity contribution in [2.45, 2.75) is 44.4 Å². The van der Waals surface area contributed by atoms with Crippen LogP contribution in [0.4, 0.5) is 0 Å². The quantitative estimate of drug-likeness (QED) is 0.597. The molecule has 1 N–H and O–H groups in total. The fourth-order valence-electron chi connectivity index (χ4n) is 2.21. The van der Waals surface area contributed by atoms with E-state index in [4.69, 9.17) is 5.11 Å². The molecule has 0 aromatic rings. The van der Waals surface area contributed by atoms with Crippen molar-refractivity contribution >= 4 is 27.9 Å². The van der Waals surface area contributed by atoms with Gasteiger partial charge in [0, 0.05) is 5.16 Å². The fraction of sp³-hybridized carbons (Fsp3) is 0.778. The van der Waals surface area contributed by atoms with E-state index in [9.17, 15) is 9.59 Å². The maximum absolute atomic E-state index is 11.6. The number of carbonyl (C=O) groups is 2. The van der Waals surface area contributed by atoms with Crippen molar-refractivity contribution in [3.8, 4) is 0 Å². The van der Waals surface area contributed by atoms with Gasteiger partial charge >= 0.3 is 5.97 Å². The van der Waals surface area contributed by atoms with Crippen molar-refractivity contribution in [3.05, 3.63) is 0 Å². The van der Waals surface area contributed by atoms with Crippen LogP contribution in [0.2, 0.25) is 44.4 Å². The molecule has 0 rings (SSSR count). The molecule has 5 heteroatoms. The number of rotatable bonds is 4. The van der Waals surface area contributed by atoms with Crippen molar-refractivity contribution in [1.29, 1.82) is 0 Å². The van der Waals surface area contributed by atoms with Crippen LogP contribution in [0, 0.1) is 0 Å². The summed E-state index contributed by atoms with van der Waals surface area (Å²) >= 11 is 0. The number of carbonyl (C=O) groups excluding carboxylic acids is 1. The maximum Gasteiger partial charge on any atom is 0.371 e. The number of hydrogen-bond donors (Lipinski definition) is 1. The van der Waals surface area contributed by atoms with Gasteiger partial charge in [-0.25, -0.2) is 4.79 Å². The molecule has 0 amide bonds. The summed E-state index contributed by atoms with van der Waals surface area (Å²) in [5.74, 6) is -1.83. The van der Waals surface area contributed by atoms with Crippen LogP contribution in [-0.4, -0.2) is 33.0 Å². The van der Waals surface area contributed by atoms with Crippen molar-refractivity contribution < 1.29 is 14.7 Å². The molecule has 0 aliphatic carbocycles. The first-order valence-electron chi connectivity index (χ1n) is 4.75. The minimum absolute atomic E-state index is 0.188. The van der Waals surface area contributed by atoms with Crippen LogP contribution >= 0.6 is 0 Å². The highest BCUT2D eigenvalue weighted by Crippen LogP contribution is 2.32. The first-order chi connectivity index (χ1) is 5.98. The van der Waals surface area contributed by atoms with Crippen molar-refractivity contribution in [2.24, 2.45) is 0 Å². The molecule has 0 aromatic heterocycles. The lowest BCUT2D eigenvalue weighted by atomic mass is 10.5. The standard InChI is InChI=1S/C9H20O3Si2/c1-13(2,3)9(14(4,5)6)7(10)8(11)12/h9H,1-6H3,(H,11,12). The Morgan fingerprint density at radius 3 is 1.29 bits per heavy atom. The molecule has 82 valence electrons. The van der Waals surface area contributed by atoms with E-state index in [1.165, 1.54) is 0 Å². The Morgan fingerprint density at radius 1 is 0.929 bits per heavy atom. The van der Waals surface area contributed by atoms with Crippen LogP contribution in [0.5, 0.6) is 0 Å². The molecule has 0 bridgehead atoms. The number of aliphatic carboxylic acids is 1. The molecule has 0 spiro atoms. The van der Waals surface area contributed by atoms with E-state index in [2.05, 4.69) is 39.3 Å². The lowest BCUT2D eigenvalue weighted by Crippen LogP contribution is -2.50. The van der Waals surface area contributed by atoms with E-state index in [-0.39, 0.29) is 5.16 Å². The third kappa shape index (κ3) is 3.38. The molecule has 14 heavy (non-hydrogen) atoms. The summed E-state index contributed by atoms with van der Waals surface area (Å²) < 4.78 is 0. The average molecular weight is 232 g/mol. The molecule has 0 aromatic carbocycles. The van der Waals surface area contributed by atoms with Gasteiger partial charge in [-0.1, -0.05) is 39.3 Å². The van der Waals surface area contributed by atoms with E-state index in [0.29, 0.717) is 0 Å². The molecule has 3 nitrogen and oxygen atoms in total. The average Bonchev–Trinajstić information content (AvgIpc) is 1.79. The second-order valence-corrected chi connectivity index (χ2v) is 17.0. The molecular weight excluding hydrogens is 212 g/mol. The number of carboxylic acid groups (broad SMARTS) is 1. The largest absolute Gasteiger partial charge is 0.476 e. The summed E-state index contributed by atoms with van der Waals surface area (Å²) in [4.78, 5) is 22.3. The Bertz CT molecular complexity index is 234. The summed E-state index contributed by atoms with van der Waals surface area (Å²) in [6, 6.07) is 0. The second-order valence-electron chi connectivity index (χ2n) is 5.83. The van der Waals surface area contributed by atoms with Crippen LogP contribution in [-0.2, 0) is 9.59 Å². The van der Waals surface area contributed by atoms with Crippen molar-refractivity contribution in [3.63, 3.8) is 0 Å². The molecule has 0 saturated heterocycles. The molecule has 0 fully saturated rings. The van der Waals surface area contributed by atoms with E-state index in [1.54, 1.807) is 0 Å². The van der Waals surface area contributed by atoms with Crippen LogP contribution < -0.4 is 0 Å². The Balaban J connectivity index is 5.15. The Kier molecular flexibility index (Phi) is 3.86. The monoisotopic (exact) mass is 232 g/mol. The summed E-state index contributed by atoms with van der Waals surface area (Å²) in [6.07, 6.45) is 0. The van der Waals surface area contributed by atoms with Gasteiger partial charge in [-0.3, -0.25) is 4.79 Å². The molecule has 0 aliphatic heterocycles. The van der Waals surface area contributed by atoms with Gasteiger partial charge in [0.15, 0.2) is 0 Å². The van der Waals surface area contributed by atoms with Gasteiger partial charge in [-0.05, 0) is 0 Å². The van der Waals surface area contributed by atoms with E-state index >= 15 is 0 Å². The van der Waals surface area contributed by atoms with Gasteiger partial charge in [0.2, 0.25) is 5.78 Å². The number of carboxylic acids is 1. The second kappa shape index (κ2) is 3.98. The number of Topliss-reactive ketones (excluding diaryl/α,β-unsaturated/α-hetero) is 1. The molecule has 0 aliphatic rings. The summed E-state index contributed by atoms with van der Waals surface area (Å²) in [5, 5.41) is 8.59. The topological polar surface area (TPSA) is 54.4 Å². The van der Waals surface area contributed by atoms with Crippen LogP contribution in [0.1, 0.15) is 0 Å². The van der Waals surface area contributed by atoms with Gasteiger partial charge in [-0.2, -0.15) is 0 Å². The molecule has 0 atom stereocenters. The molecule has 0 unspecified atom stereocenters. The van der Waals surface area contributed by atoms with E-state index < -0.39 is 27.9 Å². The SMILES string of the molecule is C[Si](C)(C)C(C(=O)C(=O)O)[Si](C)(C)C. The van der Waals surface area contributed by atoms with Crippen molar-refractivity contribution in [1.82, 2.24) is 0 Å². The zero-order valence-electron chi connectivity index (χ0n) is 9.84. The zero-order valence-corrected chi connectivity index (χ0v) is 11.8. The zero-order chi connectivity index (χ0) is 11.7. The first kappa shape index (κ1) is 13.6. The summed E-state index contributed by atoms with van der Waals surface area (Å²) in [6.45, 7) is 12.4. The normalized spacial score (nSPS) is 13.1. The predicted octanol–water partition coefficient (Wildman–Crippen LogP) is 2.23. The minimum atomic E-state index is -1.72. The lowest BCUT2D eigenvalue weighted by molar-refractivity contribution is -0.148. The number of ketones is 1. The predicted molar refractivity (Wildman–Crippen MR) is 63.1 cm³/mol. The fourth-order valence-corrected chi connectivity index (χ4v) is 14.4. The van der Waals surface area contributed by atoms with Gasteiger partial charge < -0.3 is 5.11 Å². The molecule has 0 heterocycles. The highest BCUT2D eigenvalue weighted by atomic mass is 28.4. The Morgan fingerprint density at radius 2 is 1.21 bits per heavy atom. The highest BCUT2D eigenvalue weighted by molar-refractivity contribution is 7.01. The third-order valence-electron chi connectivity index (χ3n) is 2.21. The molecule has 0 radical (unpaired) electrons. The smallest absolute Gasteiger partial charge is 0.371 e. The molecular formula is C9H20O3Si2. The van der Waals surface area contributed by atoms with Crippen LogP contribution in [0.3, 0.4) is 0 Å². The number of hydrogen-bond acceptors (Lipinski definition) is 2. The van der Waals surface area contributed by atoms with E-state index in [0.717, 1.165) is 0 Å². The van der Waals surface area contributed by atoms with E-state index in [1.807, 2.05) is 0 Å². The van der Waals surface area contributed by atoms with Crippen molar-refractivity contribution in [2.75, 3.05) is 0 Å². The molecule has 0 saturated carbocycles. The third-order valence-corrected chi connectivity index (χ3v) is 11.4. The summed E-state index contributed by atoms with van der Waals surface area (Å²) in [5.41, 5.74) is 0. The van der Waals surface area contributed by atoms with Crippen LogP contribution in [0.15, 0.2) is 0 Å².